The van der Waals surface area contributed by atoms with E-state index in [1.54, 1.807) is 10.4 Å². The van der Waals surface area contributed by atoms with Crippen LogP contribution in [0.1, 0.15) is 53.0 Å². The number of hydrogen-bond donors (Lipinski definition) is 0. The van der Waals surface area contributed by atoms with Crippen molar-refractivity contribution < 1.29 is 13.9 Å². The zero-order valence-electron chi connectivity index (χ0n) is 12.8. The lowest BCUT2D eigenvalue weighted by Gasteiger charge is -2.33. The van der Waals surface area contributed by atoms with Crippen molar-refractivity contribution in [2.24, 2.45) is 0 Å². The predicted molar refractivity (Wildman–Crippen MR) is 79.8 cm³/mol. The largest absolute Gasteiger partial charge is 0.423 e. The fourth-order valence-electron chi connectivity index (χ4n) is 2.30. The van der Waals surface area contributed by atoms with Gasteiger partial charge in [0.2, 0.25) is 11.8 Å². The minimum Gasteiger partial charge on any atom is -0.423 e. The number of carbonyl (C=O) groups is 1. The Labute approximate surface area is 132 Å². The zero-order chi connectivity index (χ0) is 15.7. The van der Waals surface area contributed by atoms with Crippen LogP contribution in [-0.4, -0.2) is 45.7 Å². The summed E-state index contributed by atoms with van der Waals surface area (Å²) in [4.78, 5) is 19.3. The molecular formula is C14H18N4O3S. The lowest BCUT2D eigenvalue weighted by molar-refractivity contribution is -0.0105. The molecule has 3 heterocycles. The fraction of sp³-hybridized carbons (Fsp3) is 0.571. The van der Waals surface area contributed by atoms with Crippen LogP contribution in [0.15, 0.2) is 9.93 Å². The topological polar surface area (TPSA) is 81.4 Å². The molecule has 0 N–H and O–H groups in total. The van der Waals surface area contributed by atoms with Crippen molar-refractivity contribution in [1.29, 1.82) is 0 Å². The van der Waals surface area contributed by atoms with E-state index in [0.717, 1.165) is 5.69 Å². The number of carbonyl (C=O) groups excluding carboxylic acids is 1. The standard InChI is InChI=1S/C14H18N4O3S/c1-8(2)12-16-17-13(21-12)10-6-20-5-4-18(10)14(19)11-9(3)15-7-22-11/h7-8,10H,4-6H2,1-3H3. The molecule has 8 heteroatoms. The fourth-order valence-corrected chi connectivity index (χ4v) is 3.06. The Bertz CT molecular complexity index is 667. The quantitative estimate of drug-likeness (QED) is 0.861. The Kier molecular flexibility index (Phi) is 4.21. The lowest BCUT2D eigenvalue weighted by Crippen LogP contribution is -2.43. The smallest absolute Gasteiger partial charge is 0.266 e. The Hall–Kier alpha value is -1.80. The minimum atomic E-state index is -0.345. The molecule has 0 bridgehead atoms. The summed E-state index contributed by atoms with van der Waals surface area (Å²) in [6.07, 6.45) is 0. The van der Waals surface area contributed by atoms with Gasteiger partial charge in [0.15, 0.2) is 0 Å². The molecule has 0 spiro atoms. The normalized spacial score (nSPS) is 18.9. The maximum absolute atomic E-state index is 12.8. The third-order valence-electron chi connectivity index (χ3n) is 3.56. The average Bonchev–Trinajstić information content (AvgIpc) is 3.15. The van der Waals surface area contributed by atoms with Crippen molar-refractivity contribution in [3.05, 3.63) is 27.9 Å². The molecule has 2 aromatic heterocycles. The third-order valence-corrected chi connectivity index (χ3v) is 4.48. The van der Waals surface area contributed by atoms with Crippen molar-refractivity contribution in [2.45, 2.75) is 32.7 Å². The molecule has 118 valence electrons. The molecule has 1 amide bonds. The third kappa shape index (κ3) is 2.76. The second-order valence-corrected chi connectivity index (χ2v) is 6.34. The number of hydrogen-bond acceptors (Lipinski definition) is 7. The van der Waals surface area contributed by atoms with Gasteiger partial charge in [-0.05, 0) is 6.92 Å². The van der Waals surface area contributed by atoms with Crippen LogP contribution in [0, 0.1) is 6.92 Å². The summed E-state index contributed by atoms with van der Waals surface area (Å²) in [6.45, 7) is 7.17. The second-order valence-electron chi connectivity index (χ2n) is 5.49. The summed E-state index contributed by atoms with van der Waals surface area (Å²) in [5.41, 5.74) is 2.43. The van der Waals surface area contributed by atoms with Gasteiger partial charge in [-0.3, -0.25) is 4.79 Å². The molecule has 3 rings (SSSR count). The van der Waals surface area contributed by atoms with Crippen LogP contribution >= 0.6 is 11.3 Å². The zero-order valence-corrected chi connectivity index (χ0v) is 13.6. The highest BCUT2D eigenvalue weighted by molar-refractivity contribution is 7.11. The summed E-state index contributed by atoms with van der Waals surface area (Å²) in [5, 5.41) is 8.14. The van der Waals surface area contributed by atoms with Crippen LogP contribution in [-0.2, 0) is 4.74 Å². The van der Waals surface area contributed by atoms with Gasteiger partial charge in [0.25, 0.3) is 5.91 Å². The van der Waals surface area contributed by atoms with Crippen molar-refractivity contribution in [3.8, 4) is 0 Å². The van der Waals surface area contributed by atoms with Crippen molar-refractivity contribution in [3.63, 3.8) is 0 Å². The van der Waals surface area contributed by atoms with Crippen molar-refractivity contribution in [2.75, 3.05) is 19.8 Å². The average molecular weight is 322 g/mol. The first kappa shape index (κ1) is 15.1. The van der Waals surface area contributed by atoms with Crippen LogP contribution in [0.2, 0.25) is 0 Å². The first-order chi connectivity index (χ1) is 10.6. The number of aromatic nitrogens is 3. The number of nitrogens with zero attached hydrogens (tertiary/aromatic N) is 4. The molecule has 0 radical (unpaired) electrons. The minimum absolute atomic E-state index is 0.0578. The molecule has 1 unspecified atom stereocenters. The Morgan fingerprint density at radius 3 is 2.91 bits per heavy atom. The van der Waals surface area contributed by atoms with Crippen LogP contribution in [0.5, 0.6) is 0 Å². The highest BCUT2D eigenvalue weighted by Gasteiger charge is 2.34. The summed E-state index contributed by atoms with van der Waals surface area (Å²) in [6, 6.07) is -0.345. The van der Waals surface area contributed by atoms with Crippen LogP contribution in [0.4, 0.5) is 0 Å². The van der Waals surface area contributed by atoms with Gasteiger partial charge >= 0.3 is 0 Å². The summed E-state index contributed by atoms with van der Waals surface area (Å²) in [7, 11) is 0. The molecule has 0 saturated carbocycles. The maximum Gasteiger partial charge on any atom is 0.266 e. The molecule has 1 fully saturated rings. The number of rotatable bonds is 3. The summed E-state index contributed by atoms with van der Waals surface area (Å²) >= 11 is 1.35. The second kappa shape index (κ2) is 6.13. The highest BCUT2D eigenvalue weighted by atomic mass is 32.1. The molecule has 22 heavy (non-hydrogen) atoms. The molecule has 1 aliphatic heterocycles. The van der Waals surface area contributed by atoms with Crippen molar-refractivity contribution >= 4 is 17.2 Å². The molecule has 0 aliphatic carbocycles. The van der Waals surface area contributed by atoms with E-state index in [4.69, 9.17) is 9.15 Å². The van der Waals surface area contributed by atoms with Gasteiger partial charge in [-0.2, -0.15) is 0 Å². The Morgan fingerprint density at radius 1 is 1.45 bits per heavy atom. The van der Waals surface area contributed by atoms with Gasteiger partial charge in [-0.25, -0.2) is 4.98 Å². The van der Waals surface area contributed by atoms with E-state index in [2.05, 4.69) is 15.2 Å². The number of amides is 1. The lowest BCUT2D eigenvalue weighted by atomic mass is 10.2. The molecule has 1 aliphatic rings. The Morgan fingerprint density at radius 2 is 2.27 bits per heavy atom. The van der Waals surface area contributed by atoms with E-state index in [-0.39, 0.29) is 17.9 Å². The van der Waals surface area contributed by atoms with E-state index >= 15 is 0 Å². The van der Waals surface area contributed by atoms with Crippen molar-refractivity contribution in [1.82, 2.24) is 20.1 Å². The molecule has 1 atom stereocenters. The predicted octanol–water partition coefficient (Wildman–Crippen LogP) is 2.17. The van der Waals surface area contributed by atoms with E-state index in [1.807, 2.05) is 20.8 Å². The van der Waals surface area contributed by atoms with Gasteiger partial charge in [0.05, 0.1) is 24.4 Å². The number of morpholine rings is 1. The van der Waals surface area contributed by atoms with Crippen LogP contribution < -0.4 is 0 Å². The first-order valence-corrected chi connectivity index (χ1v) is 8.08. The maximum atomic E-state index is 12.8. The van der Waals surface area contributed by atoms with Gasteiger partial charge in [0.1, 0.15) is 10.9 Å². The summed E-state index contributed by atoms with van der Waals surface area (Å²) < 4.78 is 11.2. The first-order valence-electron chi connectivity index (χ1n) is 7.20. The Balaban J connectivity index is 1.87. The van der Waals surface area contributed by atoms with Crippen LogP contribution in [0.25, 0.3) is 0 Å². The SMILES string of the molecule is Cc1ncsc1C(=O)N1CCOCC1c1nnc(C(C)C)o1. The van der Waals surface area contributed by atoms with E-state index in [0.29, 0.717) is 36.4 Å². The number of aryl methyl sites for hydroxylation is 1. The van der Waals surface area contributed by atoms with Crippen LogP contribution in [0.3, 0.4) is 0 Å². The van der Waals surface area contributed by atoms with Gasteiger partial charge in [-0.15, -0.1) is 21.5 Å². The van der Waals surface area contributed by atoms with Gasteiger partial charge < -0.3 is 14.1 Å². The molecule has 2 aromatic rings. The van der Waals surface area contributed by atoms with E-state index in [1.165, 1.54) is 11.3 Å². The highest BCUT2D eigenvalue weighted by Crippen LogP contribution is 2.28. The molecule has 1 saturated heterocycles. The number of thiazole rings is 1. The van der Waals surface area contributed by atoms with E-state index in [9.17, 15) is 4.79 Å². The molecular weight excluding hydrogens is 304 g/mol. The molecule has 0 aromatic carbocycles. The summed E-state index contributed by atoms with van der Waals surface area (Å²) in [5.74, 6) is 1.09. The van der Waals surface area contributed by atoms with Gasteiger partial charge in [0, 0.05) is 12.5 Å². The number of ether oxygens (including phenoxy) is 1. The van der Waals surface area contributed by atoms with Gasteiger partial charge in [-0.1, -0.05) is 13.8 Å². The van der Waals surface area contributed by atoms with E-state index < -0.39 is 0 Å². The molecule has 7 nitrogen and oxygen atoms in total. The monoisotopic (exact) mass is 322 g/mol.